The van der Waals surface area contributed by atoms with Crippen LogP contribution in [0.1, 0.15) is 25.0 Å². The SMILES string of the molecule is Cc1ccc(NCc2ccccc2OCC(C)C)cc1. The molecular weight excluding hydrogens is 246 g/mol. The monoisotopic (exact) mass is 269 g/mol. The molecule has 0 saturated carbocycles. The van der Waals surface area contributed by atoms with E-state index < -0.39 is 0 Å². The summed E-state index contributed by atoms with van der Waals surface area (Å²) in [7, 11) is 0. The van der Waals surface area contributed by atoms with Crippen molar-refractivity contribution in [2.45, 2.75) is 27.3 Å². The van der Waals surface area contributed by atoms with Crippen molar-refractivity contribution in [1.82, 2.24) is 0 Å². The number of aryl methyl sites for hydroxylation is 1. The van der Waals surface area contributed by atoms with Gasteiger partial charge in [0.05, 0.1) is 6.61 Å². The summed E-state index contributed by atoms with van der Waals surface area (Å²) in [6.45, 7) is 7.94. The van der Waals surface area contributed by atoms with Crippen molar-refractivity contribution in [3.63, 3.8) is 0 Å². The number of rotatable bonds is 6. The van der Waals surface area contributed by atoms with Crippen LogP contribution in [-0.4, -0.2) is 6.61 Å². The van der Waals surface area contributed by atoms with Crippen molar-refractivity contribution in [2.75, 3.05) is 11.9 Å². The summed E-state index contributed by atoms with van der Waals surface area (Å²) in [5.74, 6) is 1.51. The van der Waals surface area contributed by atoms with Crippen molar-refractivity contribution in [3.8, 4) is 5.75 Å². The lowest BCUT2D eigenvalue weighted by atomic mass is 10.2. The Morgan fingerprint density at radius 1 is 1.00 bits per heavy atom. The molecule has 2 aromatic rings. The molecule has 0 saturated heterocycles. The standard InChI is InChI=1S/C18H23NO/c1-14(2)13-20-18-7-5-4-6-16(18)12-19-17-10-8-15(3)9-11-17/h4-11,14,19H,12-13H2,1-3H3. The summed E-state index contributed by atoms with van der Waals surface area (Å²) in [6.07, 6.45) is 0. The molecule has 0 spiro atoms. The second-order valence-corrected chi connectivity index (χ2v) is 5.53. The van der Waals surface area contributed by atoms with E-state index in [0.29, 0.717) is 5.92 Å². The van der Waals surface area contributed by atoms with Crippen molar-refractivity contribution in [1.29, 1.82) is 0 Å². The van der Waals surface area contributed by atoms with Crippen LogP contribution in [0.15, 0.2) is 48.5 Å². The summed E-state index contributed by atoms with van der Waals surface area (Å²) >= 11 is 0. The second kappa shape index (κ2) is 6.99. The molecule has 2 rings (SSSR count). The van der Waals surface area contributed by atoms with Gasteiger partial charge in [0.1, 0.15) is 5.75 Å². The first kappa shape index (κ1) is 14.4. The summed E-state index contributed by atoms with van der Waals surface area (Å²) in [5, 5.41) is 3.44. The minimum absolute atomic E-state index is 0.535. The minimum Gasteiger partial charge on any atom is -0.493 e. The molecule has 0 unspecified atom stereocenters. The molecule has 0 aliphatic rings. The van der Waals surface area contributed by atoms with Gasteiger partial charge in [-0.25, -0.2) is 0 Å². The average molecular weight is 269 g/mol. The predicted octanol–water partition coefficient (Wildman–Crippen LogP) is 4.64. The summed E-state index contributed by atoms with van der Waals surface area (Å²) in [4.78, 5) is 0. The lowest BCUT2D eigenvalue weighted by molar-refractivity contribution is 0.269. The van der Waals surface area contributed by atoms with Crippen LogP contribution in [0.4, 0.5) is 5.69 Å². The maximum atomic E-state index is 5.87. The quantitative estimate of drug-likeness (QED) is 0.824. The van der Waals surface area contributed by atoms with Crippen LogP contribution in [0.2, 0.25) is 0 Å². The highest BCUT2D eigenvalue weighted by Gasteiger charge is 2.04. The van der Waals surface area contributed by atoms with Gasteiger partial charge in [0.25, 0.3) is 0 Å². The summed E-state index contributed by atoms with van der Waals surface area (Å²) in [5.41, 5.74) is 3.60. The molecule has 2 nitrogen and oxygen atoms in total. The van der Waals surface area contributed by atoms with Crippen LogP contribution in [0.3, 0.4) is 0 Å². The second-order valence-electron chi connectivity index (χ2n) is 5.53. The van der Waals surface area contributed by atoms with Gasteiger partial charge in [-0.2, -0.15) is 0 Å². The zero-order valence-corrected chi connectivity index (χ0v) is 12.5. The molecule has 2 aromatic carbocycles. The van der Waals surface area contributed by atoms with Gasteiger partial charge in [0.15, 0.2) is 0 Å². The Hall–Kier alpha value is -1.96. The first-order valence-electron chi connectivity index (χ1n) is 7.16. The van der Waals surface area contributed by atoms with Crippen LogP contribution in [-0.2, 0) is 6.54 Å². The van der Waals surface area contributed by atoms with Gasteiger partial charge in [-0.3, -0.25) is 0 Å². The molecule has 0 bridgehead atoms. The third-order valence-electron chi connectivity index (χ3n) is 3.08. The van der Waals surface area contributed by atoms with Crippen LogP contribution in [0.5, 0.6) is 5.75 Å². The van der Waals surface area contributed by atoms with Gasteiger partial charge in [-0.05, 0) is 31.0 Å². The van der Waals surface area contributed by atoms with E-state index in [2.05, 4.69) is 56.4 Å². The maximum absolute atomic E-state index is 5.87. The Labute approximate surface area is 121 Å². The number of hydrogen-bond acceptors (Lipinski definition) is 2. The van der Waals surface area contributed by atoms with E-state index in [0.717, 1.165) is 24.6 Å². The molecule has 0 aliphatic carbocycles. The predicted molar refractivity (Wildman–Crippen MR) is 85.3 cm³/mol. The molecule has 0 aliphatic heterocycles. The van der Waals surface area contributed by atoms with Crippen LogP contribution in [0.25, 0.3) is 0 Å². The van der Waals surface area contributed by atoms with E-state index in [1.165, 1.54) is 11.1 Å². The number of benzene rings is 2. The molecule has 0 amide bonds. The lowest BCUT2D eigenvalue weighted by Crippen LogP contribution is -2.08. The van der Waals surface area contributed by atoms with Crippen LogP contribution < -0.4 is 10.1 Å². The Kier molecular flexibility index (Phi) is 5.05. The first-order valence-corrected chi connectivity index (χ1v) is 7.16. The van der Waals surface area contributed by atoms with Gasteiger partial charge in [-0.15, -0.1) is 0 Å². The minimum atomic E-state index is 0.535. The Morgan fingerprint density at radius 2 is 1.70 bits per heavy atom. The van der Waals surface area contributed by atoms with E-state index in [1.54, 1.807) is 0 Å². The molecular formula is C18H23NO. The molecule has 106 valence electrons. The van der Waals surface area contributed by atoms with E-state index in [-0.39, 0.29) is 0 Å². The topological polar surface area (TPSA) is 21.3 Å². The van der Waals surface area contributed by atoms with Crippen molar-refractivity contribution in [3.05, 3.63) is 59.7 Å². The number of nitrogens with one attached hydrogen (secondary N) is 1. The average Bonchev–Trinajstić information content (AvgIpc) is 2.45. The van der Waals surface area contributed by atoms with E-state index in [1.807, 2.05) is 18.2 Å². The molecule has 0 radical (unpaired) electrons. The van der Waals surface area contributed by atoms with E-state index >= 15 is 0 Å². The Balaban J connectivity index is 1.99. The molecule has 1 N–H and O–H groups in total. The Bertz CT molecular complexity index is 531. The normalized spacial score (nSPS) is 10.6. The van der Waals surface area contributed by atoms with Crippen LogP contribution in [0, 0.1) is 12.8 Å². The van der Waals surface area contributed by atoms with Gasteiger partial charge in [0, 0.05) is 17.8 Å². The van der Waals surface area contributed by atoms with Crippen LogP contribution >= 0.6 is 0 Å². The van der Waals surface area contributed by atoms with Crippen molar-refractivity contribution in [2.24, 2.45) is 5.92 Å². The van der Waals surface area contributed by atoms with Crippen molar-refractivity contribution >= 4 is 5.69 Å². The number of hydrogen-bond donors (Lipinski definition) is 1. The molecule has 0 atom stereocenters. The highest BCUT2D eigenvalue weighted by Crippen LogP contribution is 2.20. The third-order valence-corrected chi connectivity index (χ3v) is 3.08. The number of anilines is 1. The number of ether oxygens (including phenoxy) is 1. The zero-order valence-electron chi connectivity index (χ0n) is 12.5. The third kappa shape index (κ3) is 4.30. The molecule has 0 aromatic heterocycles. The van der Waals surface area contributed by atoms with Gasteiger partial charge in [-0.1, -0.05) is 49.7 Å². The summed E-state index contributed by atoms with van der Waals surface area (Å²) < 4.78 is 5.87. The van der Waals surface area contributed by atoms with E-state index in [9.17, 15) is 0 Å². The molecule has 20 heavy (non-hydrogen) atoms. The first-order chi connectivity index (χ1) is 9.65. The van der Waals surface area contributed by atoms with Gasteiger partial charge in [0.2, 0.25) is 0 Å². The van der Waals surface area contributed by atoms with Gasteiger partial charge >= 0.3 is 0 Å². The fourth-order valence-corrected chi connectivity index (χ4v) is 1.92. The van der Waals surface area contributed by atoms with E-state index in [4.69, 9.17) is 4.74 Å². The van der Waals surface area contributed by atoms with Crippen molar-refractivity contribution < 1.29 is 4.74 Å². The molecule has 0 fully saturated rings. The smallest absolute Gasteiger partial charge is 0.124 e. The fourth-order valence-electron chi connectivity index (χ4n) is 1.92. The maximum Gasteiger partial charge on any atom is 0.124 e. The highest BCUT2D eigenvalue weighted by molar-refractivity contribution is 5.46. The fraction of sp³-hybridized carbons (Fsp3) is 0.333. The Morgan fingerprint density at radius 3 is 2.40 bits per heavy atom. The largest absolute Gasteiger partial charge is 0.493 e. The highest BCUT2D eigenvalue weighted by atomic mass is 16.5. The number of para-hydroxylation sites is 1. The lowest BCUT2D eigenvalue weighted by Gasteiger charge is -2.14. The van der Waals surface area contributed by atoms with Gasteiger partial charge < -0.3 is 10.1 Å². The molecule has 2 heteroatoms. The zero-order chi connectivity index (χ0) is 14.4. The molecule has 0 heterocycles. The summed E-state index contributed by atoms with van der Waals surface area (Å²) in [6, 6.07) is 16.7.